The number of halogens is 2. The van der Waals surface area contributed by atoms with E-state index in [1.54, 1.807) is 18.3 Å². The SMILES string of the molecule is CN(C)c1ccc2cc(-c3ccc4nccc([C@@H](O)NCC(=O)N5CC(F)(F)C[C@H]5C#N)c4c3)ccc2c1. The van der Waals surface area contributed by atoms with E-state index >= 15 is 0 Å². The molecule has 0 spiro atoms. The number of aromatic nitrogens is 1. The van der Waals surface area contributed by atoms with Gasteiger partial charge in [-0.05, 0) is 58.3 Å². The van der Waals surface area contributed by atoms with Crippen LogP contribution in [0.1, 0.15) is 18.2 Å². The lowest BCUT2D eigenvalue weighted by Gasteiger charge is -2.21. The monoisotopic (exact) mass is 515 g/mol. The Morgan fingerprint density at radius 2 is 1.87 bits per heavy atom. The van der Waals surface area contributed by atoms with Crippen LogP contribution in [-0.2, 0) is 4.79 Å². The summed E-state index contributed by atoms with van der Waals surface area (Å²) in [6.07, 6.45) is -0.361. The Labute approximate surface area is 218 Å². The summed E-state index contributed by atoms with van der Waals surface area (Å²) < 4.78 is 27.4. The summed E-state index contributed by atoms with van der Waals surface area (Å²) in [6, 6.07) is 20.5. The minimum atomic E-state index is -3.09. The van der Waals surface area contributed by atoms with Crippen molar-refractivity contribution in [3.05, 3.63) is 72.4 Å². The zero-order chi connectivity index (χ0) is 27.0. The van der Waals surface area contributed by atoms with Crippen molar-refractivity contribution in [3.63, 3.8) is 0 Å². The van der Waals surface area contributed by atoms with Crippen molar-refractivity contribution in [2.75, 3.05) is 32.1 Å². The molecule has 2 atom stereocenters. The van der Waals surface area contributed by atoms with E-state index in [4.69, 9.17) is 5.26 Å². The maximum atomic E-state index is 13.7. The van der Waals surface area contributed by atoms with Gasteiger partial charge in [-0.1, -0.05) is 24.3 Å². The Hall–Kier alpha value is -4.13. The molecule has 5 rings (SSSR count). The standard InChI is InChI=1S/C29H27F2N5O2/c1-35(2)22-7-5-19-11-18(3-4-20(19)12-22)21-6-8-26-25(13-21)24(9-10-33-26)28(38)34-16-27(37)36-17-29(30,31)14-23(36)15-32/h3-13,23,28,34,38H,14,16-17H2,1-2H3/t23-,28+/m0/s1. The second kappa shape index (κ2) is 9.97. The van der Waals surface area contributed by atoms with E-state index in [1.165, 1.54) is 0 Å². The predicted octanol–water partition coefficient (Wildman–Crippen LogP) is 4.46. The van der Waals surface area contributed by atoms with Gasteiger partial charge >= 0.3 is 0 Å². The number of likely N-dealkylation sites (tertiary alicyclic amines) is 1. The van der Waals surface area contributed by atoms with E-state index in [9.17, 15) is 18.7 Å². The number of aliphatic hydroxyl groups excluding tert-OH is 1. The summed E-state index contributed by atoms with van der Waals surface area (Å²) in [5, 5.41) is 25.7. The number of amides is 1. The fraction of sp³-hybridized carbons (Fsp3) is 0.276. The van der Waals surface area contributed by atoms with Gasteiger partial charge in [-0.3, -0.25) is 15.1 Å². The van der Waals surface area contributed by atoms with Gasteiger partial charge in [0.25, 0.3) is 5.92 Å². The largest absolute Gasteiger partial charge is 0.378 e. The molecule has 0 aliphatic carbocycles. The number of carbonyl (C=O) groups excluding carboxylic acids is 1. The third-order valence-electron chi connectivity index (χ3n) is 6.93. The maximum Gasteiger partial charge on any atom is 0.268 e. The molecule has 9 heteroatoms. The van der Waals surface area contributed by atoms with Gasteiger partial charge in [0.05, 0.1) is 24.7 Å². The summed E-state index contributed by atoms with van der Waals surface area (Å²) in [7, 11) is 4.01. The summed E-state index contributed by atoms with van der Waals surface area (Å²) >= 11 is 0. The molecule has 0 saturated carbocycles. The highest BCUT2D eigenvalue weighted by Gasteiger charge is 2.47. The lowest BCUT2D eigenvalue weighted by molar-refractivity contribution is -0.132. The highest BCUT2D eigenvalue weighted by Crippen LogP contribution is 2.33. The van der Waals surface area contributed by atoms with E-state index in [0.29, 0.717) is 16.5 Å². The normalized spacial score (nSPS) is 17.5. The number of hydrogen-bond acceptors (Lipinski definition) is 6. The smallest absolute Gasteiger partial charge is 0.268 e. The highest BCUT2D eigenvalue weighted by molar-refractivity contribution is 5.92. The van der Waals surface area contributed by atoms with E-state index in [-0.39, 0.29) is 0 Å². The zero-order valence-electron chi connectivity index (χ0n) is 21.0. The van der Waals surface area contributed by atoms with Crippen molar-refractivity contribution in [2.45, 2.75) is 24.6 Å². The number of fused-ring (bicyclic) bond motifs is 2. The van der Waals surface area contributed by atoms with Gasteiger partial charge in [-0.25, -0.2) is 8.78 Å². The van der Waals surface area contributed by atoms with Crippen LogP contribution in [0.5, 0.6) is 0 Å². The van der Waals surface area contributed by atoms with E-state index < -0.39 is 43.6 Å². The summed E-state index contributed by atoms with van der Waals surface area (Å²) in [5.41, 5.74) is 4.23. The van der Waals surface area contributed by atoms with Crippen molar-refractivity contribution >= 4 is 33.3 Å². The minimum absolute atomic E-state index is 0.390. The van der Waals surface area contributed by atoms with Crippen LogP contribution in [-0.4, -0.2) is 60.0 Å². The number of rotatable bonds is 6. The number of nitrogens with zero attached hydrogens (tertiary/aromatic N) is 4. The molecule has 1 saturated heterocycles. The van der Waals surface area contributed by atoms with Gasteiger partial charge in [-0.15, -0.1) is 0 Å². The molecule has 1 aromatic heterocycles. The van der Waals surface area contributed by atoms with Crippen LogP contribution in [0.25, 0.3) is 32.8 Å². The lowest BCUT2D eigenvalue weighted by Crippen LogP contribution is -2.42. The van der Waals surface area contributed by atoms with Crippen LogP contribution in [0.4, 0.5) is 14.5 Å². The molecule has 194 valence electrons. The molecule has 38 heavy (non-hydrogen) atoms. The number of nitriles is 1. The Balaban J connectivity index is 1.39. The molecule has 3 aromatic carbocycles. The van der Waals surface area contributed by atoms with Crippen LogP contribution >= 0.6 is 0 Å². The lowest BCUT2D eigenvalue weighted by atomic mass is 9.98. The van der Waals surface area contributed by atoms with Crippen molar-refractivity contribution in [1.29, 1.82) is 5.26 Å². The van der Waals surface area contributed by atoms with Crippen LogP contribution in [0, 0.1) is 11.3 Å². The van der Waals surface area contributed by atoms with Crippen LogP contribution in [0.2, 0.25) is 0 Å². The molecule has 1 aliphatic heterocycles. The first-order valence-electron chi connectivity index (χ1n) is 12.2. The van der Waals surface area contributed by atoms with Crippen molar-refractivity contribution in [3.8, 4) is 17.2 Å². The second-order valence-electron chi connectivity index (χ2n) is 9.78. The first-order chi connectivity index (χ1) is 18.1. The van der Waals surface area contributed by atoms with E-state index in [2.05, 4.69) is 45.5 Å². The number of alkyl halides is 2. The Kier molecular flexibility index (Phi) is 6.69. The molecule has 7 nitrogen and oxygen atoms in total. The van der Waals surface area contributed by atoms with Crippen molar-refractivity contribution < 1.29 is 18.7 Å². The summed E-state index contributed by atoms with van der Waals surface area (Å²) in [4.78, 5) is 19.9. The molecule has 1 amide bonds. The molecular formula is C29H27F2N5O2. The number of pyridine rings is 1. The molecule has 1 fully saturated rings. The molecule has 0 unspecified atom stereocenters. The van der Waals surface area contributed by atoms with Gasteiger partial charge in [0.2, 0.25) is 5.91 Å². The van der Waals surface area contributed by atoms with Gasteiger partial charge < -0.3 is 14.9 Å². The fourth-order valence-electron chi connectivity index (χ4n) is 4.87. The third kappa shape index (κ3) is 5.01. The summed E-state index contributed by atoms with van der Waals surface area (Å²) in [5.74, 6) is -3.76. The average Bonchev–Trinajstić information content (AvgIpc) is 3.24. The fourth-order valence-corrected chi connectivity index (χ4v) is 4.87. The molecular weight excluding hydrogens is 488 g/mol. The molecule has 4 aromatic rings. The summed E-state index contributed by atoms with van der Waals surface area (Å²) in [6.45, 7) is -1.19. The number of benzene rings is 3. The average molecular weight is 516 g/mol. The van der Waals surface area contributed by atoms with Crippen molar-refractivity contribution in [1.82, 2.24) is 15.2 Å². The first-order valence-corrected chi connectivity index (χ1v) is 12.2. The van der Waals surface area contributed by atoms with Gasteiger partial charge in [0, 0.05) is 43.4 Å². The molecule has 2 N–H and O–H groups in total. The predicted molar refractivity (Wildman–Crippen MR) is 143 cm³/mol. The highest BCUT2D eigenvalue weighted by atomic mass is 19.3. The molecule has 0 bridgehead atoms. The maximum absolute atomic E-state index is 13.7. The molecule has 0 radical (unpaired) electrons. The number of aliphatic hydroxyl groups is 1. The number of anilines is 1. The minimum Gasteiger partial charge on any atom is -0.378 e. The zero-order valence-corrected chi connectivity index (χ0v) is 21.0. The first kappa shape index (κ1) is 25.5. The van der Waals surface area contributed by atoms with E-state index in [0.717, 1.165) is 32.5 Å². The van der Waals surface area contributed by atoms with Gasteiger partial charge in [0.15, 0.2) is 0 Å². The van der Waals surface area contributed by atoms with Crippen LogP contribution in [0.15, 0.2) is 66.9 Å². The number of carbonyl (C=O) groups is 1. The van der Waals surface area contributed by atoms with Gasteiger partial charge in [0.1, 0.15) is 12.3 Å². The van der Waals surface area contributed by atoms with E-state index in [1.807, 2.05) is 38.4 Å². The van der Waals surface area contributed by atoms with Crippen molar-refractivity contribution in [2.24, 2.45) is 0 Å². The second-order valence-corrected chi connectivity index (χ2v) is 9.78. The number of nitrogens with one attached hydrogen (secondary N) is 1. The van der Waals surface area contributed by atoms with Crippen LogP contribution in [0.3, 0.4) is 0 Å². The number of hydrogen-bond donors (Lipinski definition) is 2. The third-order valence-corrected chi connectivity index (χ3v) is 6.93. The topological polar surface area (TPSA) is 92.5 Å². The van der Waals surface area contributed by atoms with Crippen LogP contribution < -0.4 is 10.2 Å². The molecule has 2 heterocycles. The Morgan fingerprint density at radius 1 is 1.16 bits per heavy atom. The Bertz CT molecular complexity index is 1570. The quantitative estimate of drug-likeness (QED) is 0.369. The Morgan fingerprint density at radius 3 is 2.63 bits per heavy atom. The molecule has 1 aliphatic rings. The van der Waals surface area contributed by atoms with Gasteiger partial charge in [-0.2, -0.15) is 5.26 Å².